The molecule has 0 saturated carbocycles. The molecule has 9 heteroatoms. The Balaban J connectivity index is 1.83. The van der Waals surface area contributed by atoms with Crippen molar-refractivity contribution in [1.82, 2.24) is 5.32 Å². The van der Waals surface area contributed by atoms with Gasteiger partial charge in [0.1, 0.15) is 17.4 Å². The van der Waals surface area contributed by atoms with Gasteiger partial charge in [0.25, 0.3) is 0 Å². The van der Waals surface area contributed by atoms with Crippen LogP contribution in [0.1, 0.15) is 11.1 Å². The van der Waals surface area contributed by atoms with Crippen molar-refractivity contribution >= 4 is 5.96 Å². The van der Waals surface area contributed by atoms with Crippen LogP contribution in [0.2, 0.25) is 0 Å². The van der Waals surface area contributed by atoms with Crippen molar-refractivity contribution in [3.63, 3.8) is 0 Å². The number of benzene rings is 2. The smallest absolute Gasteiger partial charge is 0.406 e. The summed E-state index contributed by atoms with van der Waals surface area (Å²) < 4.78 is 66.9. The molecule has 140 valence electrons. The lowest BCUT2D eigenvalue weighted by atomic mass is 10.1. The Labute approximate surface area is 146 Å². The van der Waals surface area contributed by atoms with Gasteiger partial charge in [-0.15, -0.1) is 13.2 Å². The van der Waals surface area contributed by atoms with Crippen molar-refractivity contribution in [1.29, 1.82) is 0 Å². The standard InChI is InChI=1S/C17H16F5N3O/c18-14-2-1-3-15(19)13(14)8-9-24-16(23)25-10-11-4-6-12(7-5-11)26-17(20,21)22/h1-7H,8-10H2,(H3,23,24,25). The number of aliphatic imine (C=N–C) groups is 1. The zero-order valence-corrected chi connectivity index (χ0v) is 13.5. The molecule has 0 aromatic heterocycles. The van der Waals surface area contributed by atoms with Crippen molar-refractivity contribution in [2.75, 3.05) is 6.54 Å². The number of halogens is 5. The molecule has 0 unspecified atom stereocenters. The van der Waals surface area contributed by atoms with Gasteiger partial charge in [-0.05, 0) is 36.2 Å². The van der Waals surface area contributed by atoms with Gasteiger partial charge in [-0.25, -0.2) is 13.8 Å². The summed E-state index contributed by atoms with van der Waals surface area (Å²) in [7, 11) is 0. The highest BCUT2D eigenvalue weighted by Gasteiger charge is 2.30. The molecular weight excluding hydrogens is 357 g/mol. The monoisotopic (exact) mass is 373 g/mol. The Morgan fingerprint density at radius 3 is 2.23 bits per heavy atom. The summed E-state index contributed by atoms with van der Waals surface area (Å²) >= 11 is 0. The molecular formula is C17H16F5N3O. The molecule has 0 aliphatic carbocycles. The van der Waals surface area contributed by atoms with Crippen LogP contribution >= 0.6 is 0 Å². The van der Waals surface area contributed by atoms with Gasteiger partial charge >= 0.3 is 6.36 Å². The van der Waals surface area contributed by atoms with E-state index in [4.69, 9.17) is 5.73 Å². The summed E-state index contributed by atoms with van der Waals surface area (Å²) in [5, 5.41) is 2.72. The van der Waals surface area contributed by atoms with Gasteiger partial charge in [-0.1, -0.05) is 18.2 Å². The maximum absolute atomic E-state index is 13.5. The first-order chi connectivity index (χ1) is 12.2. The third kappa shape index (κ3) is 6.23. The minimum atomic E-state index is -4.74. The van der Waals surface area contributed by atoms with Crippen molar-refractivity contribution in [2.45, 2.75) is 19.3 Å². The van der Waals surface area contributed by atoms with Gasteiger partial charge in [0.15, 0.2) is 5.96 Å². The number of alkyl halides is 3. The van der Waals surface area contributed by atoms with E-state index in [1.165, 1.54) is 42.5 Å². The quantitative estimate of drug-likeness (QED) is 0.463. The fourth-order valence-electron chi connectivity index (χ4n) is 2.12. The first-order valence-corrected chi connectivity index (χ1v) is 7.56. The van der Waals surface area contributed by atoms with Crippen molar-refractivity contribution in [3.8, 4) is 5.75 Å². The van der Waals surface area contributed by atoms with E-state index in [2.05, 4.69) is 15.0 Å². The second-order valence-electron chi connectivity index (χ2n) is 5.27. The molecule has 0 atom stereocenters. The van der Waals surface area contributed by atoms with E-state index < -0.39 is 18.0 Å². The van der Waals surface area contributed by atoms with Gasteiger partial charge in [0, 0.05) is 12.1 Å². The maximum atomic E-state index is 13.5. The van der Waals surface area contributed by atoms with Crippen LogP contribution < -0.4 is 15.8 Å². The molecule has 0 heterocycles. The molecule has 0 bridgehead atoms. The van der Waals surface area contributed by atoms with Crippen LogP contribution in [0.25, 0.3) is 0 Å². The first-order valence-electron chi connectivity index (χ1n) is 7.56. The van der Waals surface area contributed by atoms with Crippen molar-refractivity contribution in [2.24, 2.45) is 10.7 Å². The minimum absolute atomic E-state index is 0.0481. The van der Waals surface area contributed by atoms with Crippen LogP contribution in [-0.2, 0) is 13.0 Å². The predicted molar refractivity (Wildman–Crippen MR) is 86.5 cm³/mol. The van der Waals surface area contributed by atoms with Gasteiger partial charge in [0.05, 0.1) is 6.54 Å². The molecule has 0 amide bonds. The summed E-state index contributed by atoms with van der Waals surface area (Å²) in [6.07, 6.45) is -4.66. The summed E-state index contributed by atoms with van der Waals surface area (Å²) in [6, 6.07) is 8.80. The largest absolute Gasteiger partial charge is 0.573 e. The molecule has 2 aromatic rings. The number of rotatable bonds is 6. The normalized spacial score (nSPS) is 12.1. The summed E-state index contributed by atoms with van der Waals surface area (Å²) in [5.41, 5.74) is 6.22. The Morgan fingerprint density at radius 1 is 1.04 bits per heavy atom. The van der Waals surface area contributed by atoms with Gasteiger partial charge in [-0.2, -0.15) is 0 Å². The van der Waals surface area contributed by atoms with E-state index in [1.807, 2.05) is 0 Å². The molecule has 0 saturated heterocycles. The molecule has 3 N–H and O–H groups in total. The highest BCUT2D eigenvalue weighted by Crippen LogP contribution is 2.22. The minimum Gasteiger partial charge on any atom is -0.406 e. The Kier molecular flexibility index (Phi) is 6.37. The van der Waals surface area contributed by atoms with Crippen LogP contribution in [0.4, 0.5) is 22.0 Å². The van der Waals surface area contributed by atoms with Gasteiger partial charge in [-0.3, -0.25) is 0 Å². The summed E-state index contributed by atoms with van der Waals surface area (Å²) in [6.45, 7) is 0.296. The number of nitrogens with two attached hydrogens (primary N) is 1. The van der Waals surface area contributed by atoms with Crippen molar-refractivity contribution in [3.05, 3.63) is 65.2 Å². The molecule has 26 heavy (non-hydrogen) atoms. The Hall–Kier alpha value is -2.84. The fraction of sp³-hybridized carbons (Fsp3) is 0.235. The SMILES string of the molecule is NC(=NCc1ccc(OC(F)(F)F)cc1)NCCc1c(F)cccc1F. The topological polar surface area (TPSA) is 59.6 Å². The number of nitrogens with one attached hydrogen (secondary N) is 1. The van der Waals surface area contributed by atoms with E-state index in [-0.39, 0.29) is 36.8 Å². The number of nitrogens with zero attached hydrogens (tertiary/aromatic N) is 1. The zero-order chi connectivity index (χ0) is 19.2. The highest BCUT2D eigenvalue weighted by molar-refractivity contribution is 5.77. The molecule has 2 rings (SSSR count). The van der Waals surface area contributed by atoms with Crippen LogP contribution in [0, 0.1) is 11.6 Å². The van der Waals surface area contributed by atoms with Crippen LogP contribution in [0.3, 0.4) is 0 Å². The van der Waals surface area contributed by atoms with E-state index in [0.29, 0.717) is 5.56 Å². The average molecular weight is 373 g/mol. The second kappa shape index (κ2) is 8.50. The molecule has 4 nitrogen and oxygen atoms in total. The number of hydrogen-bond donors (Lipinski definition) is 2. The molecule has 2 aromatic carbocycles. The molecule has 0 spiro atoms. The second-order valence-corrected chi connectivity index (χ2v) is 5.27. The molecule has 0 radical (unpaired) electrons. The molecule has 0 fully saturated rings. The lowest BCUT2D eigenvalue weighted by Crippen LogP contribution is -2.33. The Morgan fingerprint density at radius 2 is 1.65 bits per heavy atom. The molecule has 0 aliphatic heterocycles. The fourth-order valence-corrected chi connectivity index (χ4v) is 2.12. The maximum Gasteiger partial charge on any atom is 0.573 e. The first kappa shape index (κ1) is 19.5. The summed E-state index contributed by atoms with van der Waals surface area (Å²) in [5.74, 6) is -1.55. The van der Waals surface area contributed by atoms with E-state index >= 15 is 0 Å². The van der Waals surface area contributed by atoms with E-state index in [0.717, 1.165) is 0 Å². The number of hydrogen-bond acceptors (Lipinski definition) is 2. The van der Waals surface area contributed by atoms with Gasteiger partial charge < -0.3 is 15.8 Å². The van der Waals surface area contributed by atoms with Crippen LogP contribution in [0.5, 0.6) is 5.75 Å². The third-order valence-electron chi connectivity index (χ3n) is 3.33. The third-order valence-corrected chi connectivity index (χ3v) is 3.33. The highest BCUT2D eigenvalue weighted by atomic mass is 19.4. The van der Waals surface area contributed by atoms with Crippen LogP contribution in [0.15, 0.2) is 47.5 Å². The molecule has 0 aliphatic rings. The predicted octanol–water partition coefficient (Wildman–Crippen LogP) is 3.51. The van der Waals surface area contributed by atoms with Crippen molar-refractivity contribution < 1.29 is 26.7 Å². The van der Waals surface area contributed by atoms with Crippen LogP contribution in [-0.4, -0.2) is 18.9 Å². The Bertz CT molecular complexity index is 740. The lowest BCUT2D eigenvalue weighted by Gasteiger charge is -2.09. The lowest BCUT2D eigenvalue weighted by molar-refractivity contribution is -0.274. The van der Waals surface area contributed by atoms with E-state index in [1.54, 1.807) is 0 Å². The summed E-state index contributed by atoms with van der Waals surface area (Å²) in [4.78, 5) is 4.01. The van der Waals surface area contributed by atoms with E-state index in [9.17, 15) is 22.0 Å². The average Bonchev–Trinajstić information content (AvgIpc) is 2.55. The number of ether oxygens (including phenoxy) is 1. The van der Waals surface area contributed by atoms with Gasteiger partial charge in [0.2, 0.25) is 0 Å². The zero-order valence-electron chi connectivity index (χ0n) is 13.5. The number of guanidine groups is 1.